The number of benzene rings is 1. The summed E-state index contributed by atoms with van der Waals surface area (Å²) in [6, 6.07) is 9.63. The molecule has 4 atom stereocenters. The van der Waals surface area contributed by atoms with E-state index in [-0.39, 0.29) is 6.10 Å². The molecule has 2 nitrogen and oxygen atoms in total. The lowest BCUT2D eigenvalue weighted by Gasteiger charge is -2.38. The van der Waals surface area contributed by atoms with Crippen LogP contribution in [0.15, 0.2) is 30.3 Å². The molecule has 0 aromatic heterocycles. The quantitative estimate of drug-likeness (QED) is 0.753. The van der Waals surface area contributed by atoms with Crippen LogP contribution in [0.5, 0.6) is 0 Å². The molecule has 0 amide bonds. The average Bonchev–Trinajstić information content (AvgIpc) is 2.39. The maximum atomic E-state index is 12.9. The van der Waals surface area contributed by atoms with Gasteiger partial charge in [0.25, 0.3) is 0 Å². The molecule has 0 aliphatic heterocycles. The van der Waals surface area contributed by atoms with Crippen LogP contribution in [0.2, 0.25) is 0 Å². The van der Waals surface area contributed by atoms with E-state index in [4.69, 9.17) is 4.52 Å². The van der Waals surface area contributed by atoms with Gasteiger partial charge in [-0.05, 0) is 42.7 Å². The first kappa shape index (κ1) is 15.8. The minimum Gasteiger partial charge on any atom is -0.322 e. The molecular formula is C17H27O2P. The zero-order valence-electron chi connectivity index (χ0n) is 13.1. The predicted octanol–water partition coefficient (Wildman–Crippen LogP) is 4.70. The van der Waals surface area contributed by atoms with E-state index < -0.39 is 7.37 Å². The molecule has 2 rings (SSSR count). The highest BCUT2D eigenvalue weighted by Gasteiger charge is 2.35. The zero-order valence-corrected chi connectivity index (χ0v) is 14.0. The van der Waals surface area contributed by atoms with Crippen molar-refractivity contribution in [3.8, 4) is 0 Å². The molecule has 0 saturated heterocycles. The topological polar surface area (TPSA) is 26.3 Å². The van der Waals surface area contributed by atoms with Gasteiger partial charge in [-0.15, -0.1) is 0 Å². The van der Waals surface area contributed by atoms with E-state index in [2.05, 4.69) is 20.8 Å². The van der Waals surface area contributed by atoms with Gasteiger partial charge in [0.1, 0.15) is 0 Å². The third-order valence-corrected chi connectivity index (χ3v) is 6.43. The predicted molar refractivity (Wildman–Crippen MR) is 85.8 cm³/mol. The van der Waals surface area contributed by atoms with Crippen molar-refractivity contribution < 1.29 is 9.09 Å². The Morgan fingerprint density at radius 3 is 2.45 bits per heavy atom. The summed E-state index contributed by atoms with van der Waals surface area (Å²) < 4.78 is 19.1. The minimum atomic E-state index is -2.72. The summed E-state index contributed by atoms with van der Waals surface area (Å²) in [6.07, 6.45) is 3.63. The lowest BCUT2D eigenvalue weighted by atomic mass is 9.75. The van der Waals surface area contributed by atoms with Crippen LogP contribution in [0.3, 0.4) is 0 Å². The molecule has 112 valence electrons. The zero-order chi connectivity index (χ0) is 14.8. The second-order valence-electron chi connectivity index (χ2n) is 6.65. The Balaban J connectivity index is 2.15. The van der Waals surface area contributed by atoms with Gasteiger partial charge in [-0.3, -0.25) is 4.57 Å². The standard InChI is InChI=1S/C17H27O2P/c1-13(2)16-11-10-14(3)12-17(16)19-20(4,18)15-8-6-5-7-9-15/h5-9,13-14,16-17H,10-12H2,1-4H3/t14-,16+,17-,20?/m1/s1. The fraction of sp³-hybridized carbons (Fsp3) is 0.647. The fourth-order valence-electron chi connectivity index (χ4n) is 3.25. The normalized spacial score (nSPS) is 30.1. The van der Waals surface area contributed by atoms with Gasteiger partial charge < -0.3 is 4.52 Å². The first-order chi connectivity index (χ1) is 9.40. The highest BCUT2D eigenvalue weighted by Crippen LogP contribution is 2.48. The van der Waals surface area contributed by atoms with Gasteiger partial charge in [-0.1, -0.05) is 45.4 Å². The first-order valence-electron chi connectivity index (χ1n) is 7.71. The molecule has 3 heteroatoms. The molecule has 0 radical (unpaired) electrons. The smallest absolute Gasteiger partial charge is 0.229 e. The molecule has 0 N–H and O–H groups in total. The molecular weight excluding hydrogens is 267 g/mol. The third kappa shape index (κ3) is 3.74. The van der Waals surface area contributed by atoms with Crippen molar-refractivity contribution in [3.05, 3.63) is 30.3 Å². The molecule has 1 saturated carbocycles. The monoisotopic (exact) mass is 294 g/mol. The summed E-state index contributed by atoms with van der Waals surface area (Å²) in [6.45, 7) is 8.54. The van der Waals surface area contributed by atoms with E-state index in [1.54, 1.807) is 6.66 Å². The van der Waals surface area contributed by atoms with Gasteiger partial charge in [-0.25, -0.2) is 0 Å². The largest absolute Gasteiger partial charge is 0.322 e. The number of hydrogen-bond donors (Lipinski definition) is 0. The number of rotatable bonds is 4. The molecule has 1 fully saturated rings. The van der Waals surface area contributed by atoms with Crippen LogP contribution in [0.4, 0.5) is 0 Å². The van der Waals surface area contributed by atoms with Gasteiger partial charge in [0, 0.05) is 12.0 Å². The van der Waals surface area contributed by atoms with Crippen LogP contribution < -0.4 is 5.30 Å². The highest BCUT2D eigenvalue weighted by atomic mass is 31.2. The van der Waals surface area contributed by atoms with Crippen molar-refractivity contribution in [2.75, 3.05) is 6.66 Å². The molecule has 0 spiro atoms. The van der Waals surface area contributed by atoms with E-state index in [0.717, 1.165) is 11.7 Å². The lowest BCUT2D eigenvalue weighted by Crippen LogP contribution is -2.34. The minimum absolute atomic E-state index is 0.134. The molecule has 1 aliphatic carbocycles. The van der Waals surface area contributed by atoms with Gasteiger partial charge in [0.2, 0.25) is 7.37 Å². The Kier molecular flexibility index (Phi) is 5.09. The van der Waals surface area contributed by atoms with Crippen molar-refractivity contribution in [2.45, 2.75) is 46.1 Å². The van der Waals surface area contributed by atoms with E-state index in [1.807, 2.05) is 30.3 Å². The van der Waals surface area contributed by atoms with Crippen molar-refractivity contribution in [1.29, 1.82) is 0 Å². The summed E-state index contributed by atoms with van der Waals surface area (Å²) in [5.41, 5.74) is 0. The second-order valence-corrected chi connectivity index (χ2v) is 9.07. The van der Waals surface area contributed by atoms with E-state index in [0.29, 0.717) is 17.8 Å². The highest BCUT2D eigenvalue weighted by molar-refractivity contribution is 7.66. The van der Waals surface area contributed by atoms with Crippen LogP contribution in [0, 0.1) is 17.8 Å². The fourth-order valence-corrected chi connectivity index (χ4v) is 4.85. The summed E-state index contributed by atoms with van der Waals surface area (Å²) >= 11 is 0. The van der Waals surface area contributed by atoms with Crippen LogP contribution in [0.1, 0.15) is 40.0 Å². The Morgan fingerprint density at radius 1 is 1.20 bits per heavy atom. The summed E-state index contributed by atoms with van der Waals surface area (Å²) in [5.74, 6) is 1.79. The van der Waals surface area contributed by atoms with E-state index >= 15 is 0 Å². The van der Waals surface area contributed by atoms with Gasteiger partial charge in [0.05, 0.1) is 6.10 Å². The van der Waals surface area contributed by atoms with Gasteiger partial charge in [0.15, 0.2) is 0 Å². The maximum absolute atomic E-state index is 12.9. The summed E-state index contributed by atoms with van der Waals surface area (Å²) in [5, 5.41) is 0.834. The Bertz CT molecular complexity index is 469. The van der Waals surface area contributed by atoms with E-state index in [9.17, 15) is 4.57 Å². The Labute approximate surface area is 123 Å². The Morgan fingerprint density at radius 2 is 1.85 bits per heavy atom. The average molecular weight is 294 g/mol. The summed E-state index contributed by atoms with van der Waals surface area (Å²) in [7, 11) is -2.72. The van der Waals surface area contributed by atoms with Crippen molar-refractivity contribution in [1.82, 2.24) is 0 Å². The summed E-state index contributed by atoms with van der Waals surface area (Å²) in [4.78, 5) is 0. The van der Waals surface area contributed by atoms with Gasteiger partial charge >= 0.3 is 0 Å². The van der Waals surface area contributed by atoms with Crippen molar-refractivity contribution >= 4 is 12.7 Å². The first-order valence-corrected chi connectivity index (χ1v) is 9.79. The molecule has 1 unspecified atom stereocenters. The number of hydrogen-bond acceptors (Lipinski definition) is 2. The van der Waals surface area contributed by atoms with Crippen LogP contribution in [0.25, 0.3) is 0 Å². The van der Waals surface area contributed by atoms with Crippen LogP contribution in [-0.2, 0) is 9.09 Å². The molecule has 1 aliphatic rings. The lowest BCUT2D eigenvalue weighted by molar-refractivity contribution is 0.0506. The van der Waals surface area contributed by atoms with Crippen molar-refractivity contribution in [3.63, 3.8) is 0 Å². The van der Waals surface area contributed by atoms with Gasteiger partial charge in [-0.2, -0.15) is 0 Å². The SMILES string of the molecule is CC(C)[C@@H]1CC[C@@H](C)C[C@H]1OP(C)(=O)c1ccccc1. The molecule has 0 heterocycles. The van der Waals surface area contributed by atoms with E-state index in [1.165, 1.54) is 12.8 Å². The van der Waals surface area contributed by atoms with Crippen LogP contribution in [-0.4, -0.2) is 12.8 Å². The molecule has 1 aromatic carbocycles. The van der Waals surface area contributed by atoms with Crippen LogP contribution >= 0.6 is 7.37 Å². The Hall–Kier alpha value is -0.590. The molecule has 0 bridgehead atoms. The van der Waals surface area contributed by atoms with Crippen molar-refractivity contribution in [2.24, 2.45) is 17.8 Å². The maximum Gasteiger partial charge on any atom is 0.229 e. The third-order valence-electron chi connectivity index (χ3n) is 4.52. The second kappa shape index (κ2) is 6.45. The molecule has 20 heavy (non-hydrogen) atoms. The molecule has 1 aromatic rings.